The monoisotopic (exact) mass is 346 g/mol. The molecule has 1 aromatic rings. The molecule has 2 rings (SSSR count). The van der Waals surface area contributed by atoms with Crippen molar-refractivity contribution in [3.8, 4) is 0 Å². The smallest absolute Gasteiger partial charge is 0.225 e. The summed E-state index contributed by atoms with van der Waals surface area (Å²) in [6.45, 7) is 1.51. The van der Waals surface area contributed by atoms with Gasteiger partial charge in [0.05, 0.1) is 0 Å². The highest BCUT2D eigenvalue weighted by Gasteiger charge is 2.22. The molecule has 94 valence electrons. The number of nitrogens with two attached hydrogens (primary N) is 1. The van der Waals surface area contributed by atoms with Crippen LogP contribution in [0.15, 0.2) is 12.4 Å². The lowest BCUT2D eigenvalue weighted by molar-refractivity contribution is 0.412. The number of halogens is 1. The summed E-state index contributed by atoms with van der Waals surface area (Å²) in [6, 6.07) is 0.576. The molecule has 4 nitrogen and oxygen atoms in total. The molecule has 0 amide bonds. The van der Waals surface area contributed by atoms with Gasteiger partial charge >= 0.3 is 0 Å². The Bertz CT molecular complexity index is 335. The van der Waals surface area contributed by atoms with Gasteiger partial charge in [-0.1, -0.05) is 19.3 Å². The van der Waals surface area contributed by atoms with Crippen LogP contribution in [-0.2, 0) is 0 Å². The molecule has 1 heterocycles. The van der Waals surface area contributed by atoms with Gasteiger partial charge in [0.15, 0.2) is 0 Å². The molecule has 0 aliphatic heterocycles. The molecule has 0 aromatic carbocycles. The molecule has 2 N–H and O–H groups in total. The first-order chi connectivity index (χ1) is 8.31. The minimum Gasteiger partial charge on any atom is -0.337 e. The fraction of sp³-hybridized carbons (Fsp3) is 0.667. The van der Waals surface area contributed by atoms with Crippen molar-refractivity contribution < 1.29 is 0 Å². The van der Waals surface area contributed by atoms with Crippen molar-refractivity contribution >= 4 is 28.5 Å². The highest BCUT2D eigenvalue weighted by molar-refractivity contribution is 14.1. The maximum Gasteiger partial charge on any atom is 0.225 e. The van der Waals surface area contributed by atoms with Gasteiger partial charge in [0.1, 0.15) is 0 Å². The molecule has 1 fully saturated rings. The summed E-state index contributed by atoms with van der Waals surface area (Å²) >= 11 is 2.23. The summed E-state index contributed by atoms with van der Waals surface area (Å²) in [6.07, 6.45) is 10.2. The van der Waals surface area contributed by atoms with E-state index in [1.165, 1.54) is 32.1 Å². The van der Waals surface area contributed by atoms with Gasteiger partial charge in [0.25, 0.3) is 0 Å². The molecule has 0 radical (unpaired) electrons. The minimum absolute atomic E-state index is 0.576. The van der Waals surface area contributed by atoms with E-state index < -0.39 is 0 Å². The normalized spacial score (nSPS) is 17.1. The topological polar surface area (TPSA) is 55.0 Å². The van der Waals surface area contributed by atoms with Crippen LogP contribution in [0.4, 0.5) is 5.95 Å². The number of nitrogens with zero attached hydrogens (tertiary/aromatic N) is 3. The fourth-order valence-corrected chi connectivity index (χ4v) is 2.71. The van der Waals surface area contributed by atoms with E-state index in [0.29, 0.717) is 12.6 Å². The van der Waals surface area contributed by atoms with Gasteiger partial charge in [-0.25, -0.2) is 9.97 Å². The number of hydrogen-bond acceptors (Lipinski definition) is 4. The van der Waals surface area contributed by atoms with Crippen molar-refractivity contribution in [1.29, 1.82) is 0 Å². The van der Waals surface area contributed by atoms with Crippen LogP contribution < -0.4 is 10.6 Å². The molecule has 1 aliphatic carbocycles. The molecule has 0 atom stereocenters. The average Bonchev–Trinajstić information content (AvgIpc) is 2.38. The number of hydrogen-bond donors (Lipinski definition) is 1. The van der Waals surface area contributed by atoms with Crippen molar-refractivity contribution in [1.82, 2.24) is 9.97 Å². The summed E-state index contributed by atoms with van der Waals surface area (Å²) in [4.78, 5) is 11.1. The molecule has 5 heteroatoms. The molecule has 0 bridgehead atoms. The van der Waals surface area contributed by atoms with E-state index in [2.05, 4.69) is 37.5 Å². The second-order valence-corrected chi connectivity index (χ2v) is 5.72. The predicted octanol–water partition coefficient (Wildman–Crippen LogP) is 2.18. The Morgan fingerprint density at radius 2 is 1.88 bits per heavy atom. The van der Waals surface area contributed by atoms with Crippen LogP contribution in [0.3, 0.4) is 0 Å². The highest BCUT2D eigenvalue weighted by Crippen LogP contribution is 2.24. The van der Waals surface area contributed by atoms with Gasteiger partial charge in [-0.2, -0.15) is 0 Å². The molecule has 0 saturated heterocycles. The molecule has 1 saturated carbocycles. The Morgan fingerprint density at radius 3 is 2.47 bits per heavy atom. The minimum atomic E-state index is 0.576. The third-order valence-corrected chi connectivity index (χ3v) is 3.81. The first-order valence-corrected chi connectivity index (χ1v) is 7.33. The van der Waals surface area contributed by atoms with Gasteiger partial charge < -0.3 is 10.6 Å². The summed E-state index contributed by atoms with van der Waals surface area (Å²) in [7, 11) is 0. The van der Waals surface area contributed by atoms with Crippen molar-refractivity contribution in [2.75, 3.05) is 18.0 Å². The van der Waals surface area contributed by atoms with Gasteiger partial charge in [0, 0.05) is 35.1 Å². The summed E-state index contributed by atoms with van der Waals surface area (Å²) in [5, 5.41) is 0. The molecular formula is C12H19IN4. The predicted molar refractivity (Wildman–Crippen MR) is 78.0 cm³/mol. The Labute approximate surface area is 116 Å². The lowest BCUT2D eigenvalue weighted by Crippen LogP contribution is -2.41. The van der Waals surface area contributed by atoms with E-state index in [9.17, 15) is 0 Å². The van der Waals surface area contributed by atoms with E-state index in [1.54, 1.807) is 0 Å². The molecule has 1 aromatic heterocycles. The van der Waals surface area contributed by atoms with Gasteiger partial charge in [-0.05, 0) is 35.4 Å². The van der Waals surface area contributed by atoms with Crippen molar-refractivity contribution in [3.63, 3.8) is 0 Å². The maximum atomic E-state index is 5.70. The van der Waals surface area contributed by atoms with E-state index in [-0.39, 0.29) is 0 Å². The number of aromatic nitrogens is 2. The molecule has 0 unspecified atom stereocenters. The van der Waals surface area contributed by atoms with Gasteiger partial charge in [-0.15, -0.1) is 0 Å². The van der Waals surface area contributed by atoms with Crippen molar-refractivity contribution in [2.24, 2.45) is 5.73 Å². The third kappa shape index (κ3) is 3.51. The molecule has 0 spiro atoms. The van der Waals surface area contributed by atoms with Crippen LogP contribution in [-0.4, -0.2) is 29.1 Å². The Balaban J connectivity index is 2.12. The van der Waals surface area contributed by atoms with E-state index in [1.807, 2.05) is 12.4 Å². The first kappa shape index (κ1) is 13.0. The second kappa shape index (κ2) is 6.49. The zero-order valence-corrected chi connectivity index (χ0v) is 12.1. The van der Waals surface area contributed by atoms with Crippen LogP contribution in [0.5, 0.6) is 0 Å². The average molecular weight is 346 g/mol. The van der Waals surface area contributed by atoms with Crippen molar-refractivity contribution in [2.45, 2.75) is 38.1 Å². The summed E-state index contributed by atoms with van der Waals surface area (Å²) in [5.74, 6) is 0.836. The van der Waals surface area contributed by atoms with Gasteiger partial charge in [-0.3, -0.25) is 0 Å². The molecule has 1 aliphatic rings. The zero-order chi connectivity index (χ0) is 12.1. The van der Waals surface area contributed by atoms with Crippen LogP contribution >= 0.6 is 22.6 Å². The maximum absolute atomic E-state index is 5.70. The zero-order valence-electron chi connectivity index (χ0n) is 9.98. The van der Waals surface area contributed by atoms with Crippen LogP contribution in [0.25, 0.3) is 0 Å². The SMILES string of the molecule is NCCN(c1ncc(I)cn1)C1CCCCC1. The summed E-state index contributed by atoms with van der Waals surface area (Å²) < 4.78 is 1.07. The van der Waals surface area contributed by atoms with Gasteiger partial charge in [0.2, 0.25) is 5.95 Å². The first-order valence-electron chi connectivity index (χ1n) is 6.25. The van der Waals surface area contributed by atoms with Crippen LogP contribution in [0, 0.1) is 3.57 Å². The quantitative estimate of drug-likeness (QED) is 0.849. The van der Waals surface area contributed by atoms with Crippen LogP contribution in [0.1, 0.15) is 32.1 Å². The lowest BCUT2D eigenvalue weighted by Gasteiger charge is -2.34. The summed E-state index contributed by atoms with van der Waals surface area (Å²) in [5.41, 5.74) is 5.70. The van der Waals surface area contributed by atoms with E-state index >= 15 is 0 Å². The fourth-order valence-electron chi connectivity index (χ4n) is 2.43. The van der Waals surface area contributed by atoms with E-state index in [0.717, 1.165) is 16.1 Å². The second-order valence-electron chi connectivity index (χ2n) is 4.48. The Morgan fingerprint density at radius 1 is 1.24 bits per heavy atom. The third-order valence-electron chi connectivity index (χ3n) is 3.25. The van der Waals surface area contributed by atoms with Crippen molar-refractivity contribution in [3.05, 3.63) is 16.0 Å². The molecule has 17 heavy (non-hydrogen) atoms. The Hall–Kier alpha value is -0.430. The standard InChI is InChI=1S/C12H19IN4/c13-10-8-15-12(16-9-10)17(7-6-14)11-4-2-1-3-5-11/h8-9,11H,1-7,14H2. The Kier molecular flexibility index (Phi) is 4.97. The lowest BCUT2D eigenvalue weighted by atomic mass is 9.94. The molecular weight excluding hydrogens is 327 g/mol. The largest absolute Gasteiger partial charge is 0.337 e. The highest BCUT2D eigenvalue weighted by atomic mass is 127. The number of rotatable bonds is 4. The van der Waals surface area contributed by atoms with Crippen LogP contribution in [0.2, 0.25) is 0 Å². The number of anilines is 1. The van der Waals surface area contributed by atoms with E-state index in [4.69, 9.17) is 5.73 Å².